The Hall–Kier alpha value is -11.7. The van der Waals surface area contributed by atoms with Gasteiger partial charge in [-0.05, 0) is 109 Å². The predicted molar refractivity (Wildman–Crippen MR) is 360 cm³/mol. The summed E-state index contributed by atoms with van der Waals surface area (Å²) in [6, 6.07) is 103. The highest BCUT2D eigenvalue weighted by molar-refractivity contribution is 6.12. The van der Waals surface area contributed by atoms with Crippen LogP contribution in [0.2, 0.25) is 0 Å². The topological polar surface area (TPSA) is 87.2 Å². The van der Waals surface area contributed by atoms with Crippen LogP contribution in [-0.4, -0.2) is 39.0 Å². The third-order valence-corrected chi connectivity index (χ3v) is 16.8. The van der Waals surface area contributed by atoms with Crippen molar-refractivity contribution in [2.24, 2.45) is 0 Å². The van der Waals surface area contributed by atoms with Gasteiger partial charge in [-0.25, -0.2) is 29.9 Å². The van der Waals surface area contributed by atoms with Gasteiger partial charge in [0.15, 0.2) is 34.9 Å². The fourth-order valence-electron chi connectivity index (χ4n) is 12.6. The van der Waals surface area contributed by atoms with Crippen molar-refractivity contribution < 1.29 is 0 Å². The smallest absolute Gasteiger partial charge is 0.164 e. The predicted octanol–water partition coefficient (Wildman–Crippen LogP) is 19.9. The fraction of sp³-hybridized carbons (Fsp3) is 0.0250. The lowest BCUT2D eigenvalue weighted by Gasteiger charge is -2.21. The summed E-state index contributed by atoms with van der Waals surface area (Å²) in [5.41, 5.74) is 20.4. The van der Waals surface area contributed by atoms with Crippen LogP contribution in [0.5, 0.6) is 0 Å². The van der Waals surface area contributed by atoms with Crippen molar-refractivity contribution in [3.63, 3.8) is 0 Å². The molecule has 0 aliphatic carbocycles. The van der Waals surface area contributed by atoms with Crippen LogP contribution >= 0.6 is 0 Å². The molecule has 0 saturated heterocycles. The normalized spacial score (nSPS) is 11.5. The minimum Gasteiger partial charge on any atom is -0.309 e. The van der Waals surface area contributed by atoms with Gasteiger partial charge in [0.1, 0.15) is 0 Å². The van der Waals surface area contributed by atoms with Crippen molar-refractivity contribution in [3.8, 4) is 113 Å². The third-order valence-electron chi connectivity index (χ3n) is 16.8. The van der Waals surface area contributed by atoms with E-state index in [4.69, 9.17) is 29.9 Å². The molecule has 16 aromatic rings. The quantitative estimate of drug-likeness (QED) is 0.128. The van der Waals surface area contributed by atoms with E-state index in [2.05, 4.69) is 241 Å². The van der Waals surface area contributed by atoms with Crippen molar-refractivity contribution in [1.29, 1.82) is 0 Å². The van der Waals surface area contributed by atoms with E-state index in [1.165, 1.54) is 32.7 Å². The first-order valence-corrected chi connectivity index (χ1v) is 29.7. The van der Waals surface area contributed by atoms with Gasteiger partial charge >= 0.3 is 0 Å². The van der Waals surface area contributed by atoms with Crippen molar-refractivity contribution in [2.45, 2.75) is 13.8 Å². The number of para-hydroxylation sites is 2. The van der Waals surface area contributed by atoms with Gasteiger partial charge in [0.25, 0.3) is 0 Å². The minimum atomic E-state index is 0.572. The lowest BCUT2D eigenvalue weighted by Crippen LogP contribution is -2.03. The molecule has 0 saturated carbocycles. The zero-order chi connectivity index (χ0) is 58.7. The Kier molecular flexibility index (Phi) is 12.8. The molecule has 88 heavy (non-hydrogen) atoms. The van der Waals surface area contributed by atoms with E-state index in [0.717, 1.165) is 100 Å². The standard InChI is InChI=1S/C80H54N8/c1-51-39-43-71-65(47-51)63-35-19-21-37-69(63)87(71)73-45-41-57(79-83-75(53-23-7-3-8-24-53)81-76(84-79)54-25-9-4-10-26-54)49-67(73)61-33-17-15-31-59(61)60-32-16-18-34-62(60)68-50-58(42-46-74(68)88-70-38-22-20-36-64(70)66-48-52(2)40-44-72(66)88)80-85-77(55-27-11-5-12-28-55)82-78(86-80)56-29-13-6-14-30-56/h3-50H,1-2H3. The molecule has 0 amide bonds. The molecule has 12 aromatic carbocycles. The second-order valence-electron chi connectivity index (χ2n) is 22.4. The summed E-state index contributed by atoms with van der Waals surface area (Å²) in [5, 5.41) is 4.76. The van der Waals surface area contributed by atoms with Crippen molar-refractivity contribution in [2.75, 3.05) is 0 Å². The molecule has 4 heterocycles. The van der Waals surface area contributed by atoms with E-state index in [0.29, 0.717) is 34.9 Å². The van der Waals surface area contributed by atoms with Crippen LogP contribution in [0.1, 0.15) is 11.1 Å². The maximum absolute atomic E-state index is 5.29. The molecular weight excluding hydrogens is 1070 g/mol. The Morgan fingerprint density at radius 2 is 0.477 bits per heavy atom. The number of hydrogen-bond acceptors (Lipinski definition) is 6. The molecular formula is C80H54N8. The first-order chi connectivity index (χ1) is 43.5. The summed E-state index contributed by atoms with van der Waals surface area (Å²) < 4.78 is 4.86. The zero-order valence-corrected chi connectivity index (χ0v) is 48.3. The summed E-state index contributed by atoms with van der Waals surface area (Å²) in [6.45, 7) is 4.33. The van der Waals surface area contributed by atoms with Gasteiger partial charge < -0.3 is 9.13 Å². The first kappa shape index (κ1) is 51.9. The van der Waals surface area contributed by atoms with Crippen molar-refractivity contribution in [3.05, 3.63) is 302 Å². The van der Waals surface area contributed by atoms with Crippen LogP contribution in [0.4, 0.5) is 0 Å². The van der Waals surface area contributed by atoms with E-state index in [1.807, 2.05) is 72.8 Å². The summed E-state index contributed by atoms with van der Waals surface area (Å²) in [4.78, 5) is 31.3. The zero-order valence-electron chi connectivity index (χ0n) is 48.3. The minimum absolute atomic E-state index is 0.572. The fourth-order valence-corrected chi connectivity index (χ4v) is 12.6. The Bertz CT molecular complexity index is 4890. The lowest BCUT2D eigenvalue weighted by atomic mass is 9.87. The van der Waals surface area contributed by atoms with E-state index >= 15 is 0 Å². The molecule has 4 aromatic heterocycles. The van der Waals surface area contributed by atoms with Crippen LogP contribution in [0.25, 0.3) is 157 Å². The Labute approximate surface area is 509 Å². The summed E-state index contributed by atoms with van der Waals surface area (Å²) >= 11 is 0. The number of aromatic nitrogens is 8. The molecule has 8 nitrogen and oxygen atoms in total. The molecule has 0 unspecified atom stereocenters. The molecule has 414 valence electrons. The highest BCUT2D eigenvalue weighted by atomic mass is 15.0. The Morgan fingerprint density at radius 3 is 0.818 bits per heavy atom. The maximum atomic E-state index is 5.29. The van der Waals surface area contributed by atoms with Crippen molar-refractivity contribution >= 4 is 43.6 Å². The van der Waals surface area contributed by atoms with Gasteiger partial charge in [0.2, 0.25) is 0 Å². The van der Waals surface area contributed by atoms with Gasteiger partial charge in [-0.3, -0.25) is 0 Å². The molecule has 16 rings (SSSR count). The first-order valence-electron chi connectivity index (χ1n) is 29.7. The SMILES string of the molecule is Cc1ccc2c(c1)c1ccccc1n2-c1ccc(-c2nc(-c3ccccc3)nc(-c3ccccc3)n2)cc1-c1ccccc1-c1ccccc1-c1cc(-c2nc(-c3ccccc3)nc(-c3ccccc3)n2)ccc1-n1c2ccccc2c2cc(C)ccc21. The molecule has 0 N–H and O–H groups in total. The van der Waals surface area contributed by atoms with Crippen LogP contribution < -0.4 is 0 Å². The number of fused-ring (bicyclic) bond motifs is 6. The van der Waals surface area contributed by atoms with E-state index in [9.17, 15) is 0 Å². The monoisotopic (exact) mass is 1130 g/mol. The number of aryl methyl sites for hydroxylation is 2. The number of benzene rings is 12. The highest BCUT2D eigenvalue weighted by Gasteiger charge is 2.25. The van der Waals surface area contributed by atoms with E-state index < -0.39 is 0 Å². The van der Waals surface area contributed by atoms with E-state index in [-0.39, 0.29) is 0 Å². The number of rotatable bonds is 11. The van der Waals surface area contributed by atoms with Gasteiger partial charge in [-0.15, -0.1) is 0 Å². The van der Waals surface area contributed by atoms with Crippen LogP contribution in [0.15, 0.2) is 291 Å². The second-order valence-corrected chi connectivity index (χ2v) is 22.4. The molecule has 0 atom stereocenters. The summed E-state index contributed by atoms with van der Waals surface area (Å²) in [5.74, 6) is 3.55. The second kappa shape index (κ2) is 21.7. The highest BCUT2D eigenvalue weighted by Crippen LogP contribution is 2.46. The molecule has 0 aliphatic rings. The summed E-state index contributed by atoms with van der Waals surface area (Å²) in [7, 11) is 0. The van der Waals surface area contributed by atoms with Crippen LogP contribution in [-0.2, 0) is 0 Å². The molecule has 0 aliphatic heterocycles. The molecule has 0 spiro atoms. The largest absolute Gasteiger partial charge is 0.309 e. The van der Waals surface area contributed by atoms with E-state index in [1.54, 1.807) is 0 Å². The van der Waals surface area contributed by atoms with Gasteiger partial charge in [0.05, 0.1) is 33.4 Å². The van der Waals surface area contributed by atoms with Gasteiger partial charge in [0, 0.05) is 66.1 Å². The van der Waals surface area contributed by atoms with Crippen LogP contribution in [0, 0.1) is 13.8 Å². The average molecular weight is 1130 g/mol. The average Bonchev–Trinajstić information content (AvgIpc) is 1.61. The van der Waals surface area contributed by atoms with Gasteiger partial charge in [-0.1, -0.05) is 230 Å². The Morgan fingerprint density at radius 1 is 0.205 bits per heavy atom. The summed E-state index contributed by atoms with van der Waals surface area (Å²) in [6.07, 6.45) is 0. The molecule has 0 fully saturated rings. The lowest BCUT2D eigenvalue weighted by molar-refractivity contribution is 1.07. The molecule has 0 bridgehead atoms. The van der Waals surface area contributed by atoms with Crippen molar-refractivity contribution in [1.82, 2.24) is 39.0 Å². The Balaban J connectivity index is 0.960. The van der Waals surface area contributed by atoms with Gasteiger partial charge in [-0.2, -0.15) is 0 Å². The van der Waals surface area contributed by atoms with Crippen LogP contribution in [0.3, 0.4) is 0 Å². The maximum Gasteiger partial charge on any atom is 0.164 e. The molecule has 8 heteroatoms. The number of nitrogens with zero attached hydrogens (tertiary/aromatic N) is 8. The third kappa shape index (κ3) is 9.19. The number of hydrogen-bond donors (Lipinski definition) is 0. The molecule has 0 radical (unpaired) electrons.